The number of allylic oxidation sites excluding steroid dienone is 1. The Morgan fingerprint density at radius 3 is 2.52 bits per heavy atom. The number of para-hydroxylation sites is 1. The number of thiazole rings is 1. The lowest BCUT2D eigenvalue weighted by Crippen LogP contribution is -1.94. The number of benzene rings is 2. The molecule has 33 heavy (non-hydrogen) atoms. The molecule has 0 radical (unpaired) electrons. The Bertz CT molecular complexity index is 1470. The van der Waals surface area contributed by atoms with Gasteiger partial charge in [-0.3, -0.25) is 4.98 Å². The second-order valence-corrected chi connectivity index (χ2v) is 8.33. The van der Waals surface area contributed by atoms with Gasteiger partial charge in [0.25, 0.3) is 0 Å². The minimum Gasteiger partial charge on any atom is -0.265 e. The predicted molar refractivity (Wildman–Crippen MR) is 133 cm³/mol. The summed E-state index contributed by atoms with van der Waals surface area (Å²) in [6.07, 6.45) is 7.32. The first-order valence-corrected chi connectivity index (χ1v) is 11.3. The molecule has 6 heteroatoms. The number of aryl methyl sites for hydroxylation is 1. The molecule has 0 aliphatic heterocycles. The van der Waals surface area contributed by atoms with Gasteiger partial charge in [0.15, 0.2) is 0 Å². The van der Waals surface area contributed by atoms with Crippen LogP contribution in [0.1, 0.15) is 16.1 Å². The molecule has 5 aromatic rings. The van der Waals surface area contributed by atoms with Crippen molar-refractivity contribution in [2.75, 3.05) is 0 Å². The first-order chi connectivity index (χ1) is 16.2. The lowest BCUT2D eigenvalue weighted by molar-refractivity contribution is 0.884. The second-order valence-electron chi connectivity index (χ2n) is 7.47. The summed E-state index contributed by atoms with van der Waals surface area (Å²) in [6, 6.07) is 24.3. The molecule has 0 saturated carbocycles. The Hall–Kier alpha value is -4.34. The topological polar surface area (TPSA) is 67.4 Å². The smallest absolute Gasteiger partial charge is 0.134 e. The molecule has 0 spiro atoms. The summed E-state index contributed by atoms with van der Waals surface area (Å²) in [7, 11) is 0. The van der Waals surface area contributed by atoms with Crippen molar-refractivity contribution < 1.29 is 0 Å². The van der Waals surface area contributed by atoms with Crippen LogP contribution in [0.3, 0.4) is 0 Å². The summed E-state index contributed by atoms with van der Waals surface area (Å²) < 4.78 is 1.85. The quantitative estimate of drug-likeness (QED) is 0.292. The molecule has 158 valence electrons. The molecule has 0 saturated heterocycles. The second kappa shape index (κ2) is 9.03. The van der Waals surface area contributed by atoms with Crippen molar-refractivity contribution in [3.05, 3.63) is 107 Å². The molecule has 0 atom stereocenters. The Morgan fingerprint density at radius 2 is 1.76 bits per heavy atom. The lowest BCUT2D eigenvalue weighted by atomic mass is 10.0. The average molecular weight is 446 g/mol. The summed E-state index contributed by atoms with van der Waals surface area (Å²) in [5, 5.41) is 17.5. The normalized spacial score (nSPS) is 11.3. The molecule has 0 amide bonds. The third-order valence-electron chi connectivity index (χ3n) is 5.29. The van der Waals surface area contributed by atoms with Crippen LogP contribution in [-0.2, 0) is 0 Å². The van der Waals surface area contributed by atoms with E-state index in [1.165, 1.54) is 11.3 Å². The summed E-state index contributed by atoms with van der Waals surface area (Å²) in [5.41, 5.74) is 7.12. The summed E-state index contributed by atoms with van der Waals surface area (Å²) in [5.74, 6) is 0. The van der Waals surface area contributed by atoms with E-state index in [0.717, 1.165) is 39.3 Å². The van der Waals surface area contributed by atoms with Crippen LogP contribution in [0.15, 0.2) is 90.7 Å². The highest BCUT2D eigenvalue weighted by Gasteiger charge is 2.15. The van der Waals surface area contributed by atoms with Crippen LogP contribution >= 0.6 is 11.3 Å². The fourth-order valence-corrected chi connectivity index (χ4v) is 4.40. The van der Waals surface area contributed by atoms with Crippen LogP contribution in [0.5, 0.6) is 0 Å². The Balaban J connectivity index is 1.62. The maximum absolute atomic E-state index is 9.97. The van der Waals surface area contributed by atoms with Gasteiger partial charge in [0.1, 0.15) is 16.8 Å². The monoisotopic (exact) mass is 445 g/mol. The summed E-state index contributed by atoms with van der Waals surface area (Å²) in [4.78, 5) is 8.77. The molecular formula is C27H19N5S. The van der Waals surface area contributed by atoms with Crippen molar-refractivity contribution >= 4 is 23.0 Å². The van der Waals surface area contributed by atoms with E-state index in [4.69, 9.17) is 10.1 Å². The molecule has 0 aliphatic rings. The molecule has 5 nitrogen and oxygen atoms in total. The van der Waals surface area contributed by atoms with Gasteiger partial charge >= 0.3 is 0 Å². The first-order valence-electron chi connectivity index (χ1n) is 10.4. The van der Waals surface area contributed by atoms with Crippen molar-refractivity contribution in [1.29, 1.82) is 5.26 Å². The van der Waals surface area contributed by atoms with Crippen LogP contribution in [0.4, 0.5) is 0 Å². The molecule has 3 aromatic heterocycles. The fraction of sp³-hybridized carbons (Fsp3) is 0.0370. The number of nitrogens with zero attached hydrogens (tertiary/aromatic N) is 5. The zero-order valence-corrected chi connectivity index (χ0v) is 18.7. The zero-order chi connectivity index (χ0) is 22.6. The van der Waals surface area contributed by atoms with Crippen molar-refractivity contribution in [1.82, 2.24) is 19.7 Å². The minimum atomic E-state index is 0.503. The third-order valence-corrected chi connectivity index (χ3v) is 6.17. The number of rotatable bonds is 5. The zero-order valence-electron chi connectivity index (χ0n) is 17.9. The molecule has 0 bridgehead atoms. The number of nitriles is 1. The number of hydrogen-bond acceptors (Lipinski definition) is 5. The van der Waals surface area contributed by atoms with Crippen LogP contribution in [0.2, 0.25) is 0 Å². The van der Waals surface area contributed by atoms with Crippen LogP contribution in [0, 0.1) is 18.3 Å². The SMILES string of the molecule is Cc1ccccc1-c1nn(-c2ccccc2)cc1/C=C(/C#N)c1nc(-c2ccncc2)cs1. The van der Waals surface area contributed by atoms with E-state index in [1.807, 2.05) is 76.9 Å². The van der Waals surface area contributed by atoms with Gasteiger partial charge in [0.05, 0.1) is 17.0 Å². The Morgan fingerprint density at radius 1 is 1.00 bits per heavy atom. The molecule has 0 unspecified atom stereocenters. The molecule has 0 aliphatic carbocycles. The highest BCUT2D eigenvalue weighted by Crippen LogP contribution is 2.31. The third kappa shape index (κ3) is 4.22. The van der Waals surface area contributed by atoms with Gasteiger partial charge in [-0.1, -0.05) is 42.5 Å². The minimum absolute atomic E-state index is 0.503. The van der Waals surface area contributed by atoms with Gasteiger partial charge in [-0.2, -0.15) is 10.4 Å². The van der Waals surface area contributed by atoms with E-state index < -0.39 is 0 Å². The van der Waals surface area contributed by atoms with Gasteiger partial charge in [-0.15, -0.1) is 11.3 Å². The van der Waals surface area contributed by atoms with Crippen LogP contribution in [-0.4, -0.2) is 19.7 Å². The molecule has 0 N–H and O–H groups in total. The van der Waals surface area contributed by atoms with E-state index in [0.29, 0.717) is 10.6 Å². The highest BCUT2D eigenvalue weighted by atomic mass is 32.1. The van der Waals surface area contributed by atoms with Gasteiger partial charge in [0.2, 0.25) is 0 Å². The Kier molecular flexibility index (Phi) is 5.62. The van der Waals surface area contributed by atoms with Gasteiger partial charge in [-0.25, -0.2) is 9.67 Å². The van der Waals surface area contributed by atoms with Crippen LogP contribution in [0.25, 0.3) is 39.9 Å². The van der Waals surface area contributed by atoms with E-state index in [2.05, 4.69) is 30.1 Å². The van der Waals surface area contributed by atoms with Crippen molar-refractivity contribution in [2.24, 2.45) is 0 Å². The summed E-state index contributed by atoms with van der Waals surface area (Å²) in [6.45, 7) is 2.07. The van der Waals surface area contributed by atoms with E-state index in [9.17, 15) is 5.26 Å². The largest absolute Gasteiger partial charge is 0.265 e. The van der Waals surface area contributed by atoms with E-state index >= 15 is 0 Å². The van der Waals surface area contributed by atoms with E-state index in [1.54, 1.807) is 12.4 Å². The summed E-state index contributed by atoms with van der Waals surface area (Å²) >= 11 is 1.45. The maximum Gasteiger partial charge on any atom is 0.134 e. The van der Waals surface area contributed by atoms with Gasteiger partial charge in [-0.05, 0) is 42.8 Å². The van der Waals surface area contributed by atoms with Crippen molar-refractivity contribution in [3.8, 4) is 34.3 Å². The molecule has 5 rings (SSSR count). The van der Waals surface area contributed by atoms with E-state index in [-0.39, 0.29) is 0 Å². The first kappa shape index (κ1) is 20.6. The molecule has 3 heterocycles. The maximum atomic E-state index is 9.97. The lowest BCUT2D eigenvalue weighted by Gasteiger charge is -2.04. The van der Waals surface area contributed by atoms with Crippen molar-refractivity contribution in [3.63, 3.8) is 0 Å². The average Bonchev–Trinajstić information content (AvgIpc) is 3.52. The van der Waals surface area contributed by atoms with Gasteiger partial charge in [0, 0.05) is 40.7 Å². The highest BCUT2D eigenvalue weighted by molar-refractivity contribution is 7.11. The Labute approximate surface area is 196 Å². The van der Waals surface area contributed by atoms with Gasteiger partial charge < -0.3 is 0 Å². The number of aromatic nitrogens is 4. The molecule has 0 fully saturated rings. The molecule has 2 aromatic carbocycles. The number of pyridine rings is 1. The fourth-order valence-electron chi connectivity index (χ4n) is 3.60. The predicted octanol–water partition coefficient (Wildman–Crippen LogP) is 6.43. The van der Waals surface area contributed by atoms with Crippen LogP contribution < -0.4 is 0 Å². The molecular weight excluding hydrogens is 426 g/mol. The van der Waals surface area contributed by atoms with Crippen molar-refractivity contribution in [2.45, 2.75) is 6.92 Å². The standard InChI is InChI=1S/C27H19N5S/c1-19-7-5-6-10-24(19)26-22(17-32(31-26)23-8-3-2-4-9-23)15-21(16-28)27-30-25(18-33-27)20-11-13-29-14-12-20/h2-15,17-18H,1H3/b21-15-. The number of hydrogen-bond donors (Lipinski definition) is 0.